The van der Waals surface area contributed by atoms with Gasteiger partial charge in [-0.25, -0.2) is 0 Å². The Morgan fingerprint density at radius 1 is 1.62 bits per heavy atom. The molecule has 1 aliphatic heterocycles. The zero-order valence-electron chi connectivity index (χ0n) is 5.94. The van der Waals surface area contributed by atoms with Crippen molar-refractivity contribution in [3.8, 4) is 0 Å². The minimum absolute atomic E-state index is 0.833. The molecule has 46 valence electrons. The first-order chi connectivity index (χ1) is 3.81. The van der Waals surface area contributed by atoms with Crippen LogP contribution >= 0.6 is 0 Å². The molecule has 1 heterocycles. The second-order valence-corrected chi connectivity index (χ2v) is 2.75. The molecule has 0 aromatic carbocycles. The molecule has 2 atom stereocenters. The van der Waals surface area contributed by atoms with Gasteiger partial charge in [0.15, 0.2) is 6.71 Å². The Hall–Kier alpha value is 0.0249. The molecule has 1 aliphatic rings. The van der Waals surface area contributed by atoms with E-state index in [0.717, 1.165) is 18.5 Å². The van der Waals surface area contributed by atoms with Crippen LogP contribution in [0.4, 0.5) is 0 Å². The van der Waals surface area contributed by atoms with Crippen molar-refractivity contribution in [2.75, 3.05) is 7.05 Å². The van der Waals surface area contributed by atoms with Crippen molar-refractivity contribution in [2.24, 2.45) is 0 Å². The normalized spacial score (nSPS) is 35.6. The fourth-order valence-corrected chi connectivity index (χ4v) is 1.65. The quantitative estimate of drug-likeness (QED) is 0.525. The summed E-state index contributed by atoms with van der Waals surface area (Å²) in [6, 6.07) is 0. The van der Waals surface area contributed by atoms with E-state index in [1.807, 2.05) is 0 Å². The lowest BCUT2D eigenvalue weighted by molar-refractivity contribution is 0.747. The van der Waals surface area contributed by atoms with Gasteiger partial charge in [-0.15, -0.1) is 0 Å². The summed E-state index contributed by atoms with van der Waals surface area (Å²) in [4.78, 5) is 0. The summed E-state index contributed by atoms with van der Waals surface area (Å²) in [7, 11) is 2.05. The second kappa shape index (κ2) is 2.10. The summed E-state index contributed by atoms with van der Waals surface area (Å²) in [5.41, 5.74) is 0. The lowest BCUT2D eigenvalue weighted by atomic mass is 9.69. The summed E-state index contributed by atoms with van der Waals surface area (Å²) in [5.74, 6) is 1.81. The van der Waals surface area contributed by atoms with Gasteiger partial charge >= 0.3 is 0 Å². The Kier molecular flexibility index (Phi) is 1.61. The van der Waals surface area contributed by atoms with E-state index in [2.05, 4.69) is 26.1 Å². The Morgan fingerprint density at radius 2 is 2.25 bits per heavy atom. The maximum absolute atomic E-state index is 3.29. The van der Waals surface area contributed by atoms with Gasteiger partial charge in [0.05, 0.1) is 0 Å². The van der Waals surface area contributed by atoms with Gasteiger partial charge in [0.2, 0.25) is 0 Å². The molecule has 0 amide bonds. The van der Waals surface area contributed by atoms with Gasteiger partial charge in [-0.3, -0.25) is 0 Å². The van der Waals surface area contributed by atoms with Crippen LogP contribution in [0.1, 0.15) is 13.3 Å². The average molecular weight is 111 g/mol. The van der Waals surface area contributed by atoms with Crippen LogP contribution in [0.15, 0.2) is 0 Å². The van der Waals surface area contributed by atoms with E-state index in [0.29, 0.717) is 0 Å². The summed E-state index contributed by atoms with van der Waals surface area (Å²) >= 11 is 0. The number of hydrogen-bond donors (Lipinski definition) is 1. The van der Waals surface area contributed by atoms with Gasteiger partial charge in [0.25, 0.3) is 0 Å². The van der Waals surface area contributed by atoms with Gasteiger partial charge in [0.1, 0.15) is 0 Å². The molecule has 8 heavy (non-hydrogen) atoms. The molecule has 1 nitrogen and oxygen atoms in total. The molecule has 0 aliphatic carbocycles. The van der Waals surface area contributed by atoms with Crippen LogP contribution in [0.3, 0.4) is 0 Å². The van der Waals surface area contributed by atoms with E-state index in [1.165, 1.54) is 6.42 Å². The molecule has 1 rings (SSSR count). The summed E-state index contributed by atoms with van der Waals surface area (Å²) in [5, 5.41) is 3.29. The number of rotatable bonds is 2. The summed E-state index contributed by atoms with van der Waals surface area (Å²) < 4.78 is 0. The van der Waals surface area contributed by atoms with Crippen molar-refractivity contribution in [2.45, 2.75) is 31.9 Å². The maximum Gasteiger partial charge on any atom is 0.160 e. The highest BCUT2D eigenvalue weighted by Gasteiger charge is 2.46. The topological polar surface area (TPSA) is 12.0 Å². The van der Waals surface area contributed by atoms with Gasteiger partial charge in [-0.05, 0) is 13.0 Å². The zero-order chi connectivity index (χ0) is 6.15. The summed E-state index contributed by atoms with van der Waals surface area (Å²) in [6.07, 6.45) is 1.34. The van der Waals surface area contributed by atoms with Crippen molar-refractivity contribution in [1.82, 2.24) is 5.32 Å². The van der Waals surface area contributed by atoms with Gasteiger partial charge in [-0.2, -0.15) is 0 Å². The lowest BCUT2D eigenvalue weighted by Gasteiger charge is -1.90. The Morgan fingerprint density at radius 3 is 2.38 bits per heavy atom. The highest BCUT2D eigenvalue weighted by molar-refractivity contribution is 6.72. The van der Waals surface area contributed by atoms with Gasteiger partial charge < -0.3 is 5.32 Å². The van der Waals surface area contributed by atoms with E-state index in [9.17, 15) is 0 Å². The minimum Gasteiger partial charge on any atom is -0.324 e. The predicted octanol–water partition coefficient (Wildman–Crippen LogP) is 1.03. The molecule has 0 saturated carbocycles. The average Bonchev–Trinajstić information content (AvgIpc) is 2.40. The molecule has 0 aromatic rings. The number of nitrogens with one attached hydrogen (secondary N) is 1. The molecule has 0 radical (unpaired) electrons. The molecule has 1 N–H and O–H groups in total. The third-order valence-corrected chi connectivity index (χ3v) is 2.37. The molecule has 0 spiro atoms. The zero-order valence-corrected chi connectivity index (χ0v) is 5.94. The highest BCUT2D eigenvalue weighted by Crippen LogP contribution is 2.38. The highest BCUT2D eigenvalue weighted by atomic mass is 14.9. The smallest absolute Gasteiger partial charge is 0.160 e. The summed E-state index contributed by atoms with van der Waals surface area (Å²) in [6.45, 7) is 5.51. The molecule has 2 heteroatoms. The lowest BCUT2D eigenvalue weighted by Crippen LogP contribution is -2.13. The molecule has 0 bridgehead atoms. The Labute approximate surface area is 51.9 Å². The Bertz CT molecular complexity index is 74.6. The molecule has 1 fully saturated rings. The first-order valence-electron chi connectivity index (χ1n) is 3.48. The van der Waals surface area contributed by atoms with Gasteiger partial charge in [-0.1, -0.05) is 26.0 Å². The van der Waals surface area contributed by atoms with E-state index < -0.39 is 0 Å². The molecular weight excluding hydrogens is 96.9 g/mol. The first-order valence-corrected chi connectivity index (χ1v) is 3.48. The largest absolute Gasteiger partial charge is 0.324 e. The van der Waals surface area contributed by atoms with Crippen molar-refractivity contribution in [3.63, 3.8) is 0 Å². The van der Waals surface area contributed by atoms with Crippen LogP contribution in [0, 0.1) is 0 Å². The van der Waals surface area contributed by atoms with Gasteiger partial charge in [0, 0.05) is 0 Å². The Balaban J connectivity index is 2.23. The van der Waals surface area contributed by atoms with E-state index in [-0.39, 0.29) is 0 Å². The molecular formula is C6H14BN. The van der Waals surface area contributed by atoms with E-state index >= 15 is 0 Å². The van der Waals surface area contributed by atoms with E-state index in [1.54, 1.807) is 0 Å². The minimum atomic E-state index is 0.833. The van der Waals surface area contributed by atoms with Crippen LogP contribution in [0.2, 0.25) is 12.6 Å². The predicted molar refractivity (Wildman–Crippen MR) is 38.5 cm³/mol. The fraction of sp³-hybridized carbons (Fsp3) is 1.00. The van der Waals surface area contributed by atoms with Crippen LogP contribution in [0.5, 0.6) is 0 Å². The van der Waals surface area contributed by atoms with Crippen LogP contribution in [-0.2, 0) is 0 Å². The third-order valence-electron chi connectivity index (χ3n) is 2.37. The molecule has 2 unspecified atom stereocenters. The third kappa shape index (κ3) is 0.773. The van der Waals surface area contributed by atoms with Crippen molar-refractivity contribution in [1.29, 1.82) is 0 Å². The van der Waals surface area contributed by atoms with Crippen molar-refractivity contribution >= 4 is 6.71 Å². The maximum atomic E-state index is 3.29. The SMILES string of the molecule is CCC1B(C)C1NC. The van der Waals surface area contributed by atoms with Crippen molar-refractivity contribution < 1.29 is 0 Å². The second-order valence-electron chi connectivity index (χ2n) is 2.75. The van der Waals surface area contributed by atoms with E-state index in [4.69, 9.17) is 0 Å². The van der Waals surface area contributed by atoms with Crippen LogP contribution in [-0.4, -0.2) is 19.7 Å². The fourth-order valence-electron chi connectivity index (χ4n) is 1.65. The first kappa shape index (κ1) is 6.15. The molecule has 1 saturated heterocycles. The van der Waals surface area contributed by atoms with Crippen LogP contribution in [0.25, 0.3) is 0 Å². The van der Waals surface area contributed by atoms with Crippen LogP contribution < -0.4 is 5.32 Å². The molecule has 0 aromatic heterocycles. The van der Waals surface area contributed by atoms with Crippen molar-refractivity contribution in [3.05, 3.63) is 0 Å². The number of hydrogen-bond acceptors (Lipinski definition) is 1. The standard InChI is InChI=1S/C6H14BN/c1-4-5-6(8-3)7(5)2/h5-6,8H,4H2,1-3H3. The monoisotopic (exact) mass is 111 g/mol.